The summed E-state index contributed by atoms with van der Waals surface area (Å²) in [5.74, 6) is 1.41. The number of hydrogen-bond donors (Lipinski definition) is 2. The van der Waals surface area contributed by atoms with E-state index < -0.39 is 0 Å². The van der Waals surface area contributed by atoms with Crippen molar-refractivity contribution in [1.29, 1.82) is 0 Å². The molecule has 1 aromatic rings. The zero-order valence-electron chi connectivity index (χ0n) is 11.7. The van der Waals surface area contributed by atoms with Crippen LogP contribution in [0.1, 0.15) is 44.0 Å². The van der Waals surface area contributed by atoms with E-state index in [9.17, 15) is 4.79 Å². The van der Waals surface area contributed by atoms with Gasteiger partial charge in [-0.05, 0) is 26.8 Å². The molecule has 0 saturated heterocycles. The van der Waals surface area contributed by atoms with Gasteiger partial charge >= 0.3 is 0 Å². The van der Waals surface area contributed by atoms with Crippen LogP contribution in [0.15, 0.2) is 4.42 Å². The molecule has 18 heavy (non-hydrogen) atoms. The summed E-state index contributed by atoms with van der Waals surface area (Å²) in [5.41, 5.74) is 0.875. The first kappa shape index (κ1) is 14.7. The molecule has 1 amide bonds. The second-order valence-corrected chi connectivity index (χ2v) is 4.74. The third kappa shape index (κ3) is 5.31. The second kappa shape index (κ2) is 7.16. The van der Waals surface area contributed by atoms with Crippen molar-refractivity contribution >= 4 is 5.91 Å². The molecule has 0 unspecified atom stereocenters. The number of nitrogens with zero attached hydrogens (tertiary/aromatic N) is 1. The Kier molecular flexibility index (Phi) is 5.85. The van der Waals surface area contributed by atoms with Gasteiger partial charge in [-0.15, -0.1) is 0 Å². The van der Waals surface area contributed by atoms with Gasteiger partial charge in [-0.1, -0.05) is 13.8 Å². The molecule has 0 aliphatic heterocycles. The van der Waals surface area contributed by atoms with Crippen molar-refractivity contribution in [1.82, 2.24) is 15.6 Å². The minimum absolute atomic E-state index is 0.0362. The Morgan fingerprint density at radius 1 is 1.39 bits per heavy atom. The van der Waals surface area contributed by atoms with Crippen LogP contribution in [-0.2, 0) is 11.3 Å². The van der Waals surface area contributed by atoms with Crippen molar-refractivity contribution in [2.75, 3.05) is 6.54 Å². The zero-order valence-corrected chi connectivity index (χ0v) is 11.7. The van der Waals surface area contributed by atoms with Crippen LogP contribution in [-0.4, -0.2) is 23.5 Å². The Hall–Kier alpha value is -1.36. The number of aromatic nitrogens is 1. The van der Waals surface area contributed by atoms with Gasteiger partial charge in [0.2, 0.25) is 11.8 Å². The van der Waals surface area contributed by atoms with Crippen LogP contribution in [0.2, 0.25) is 0 Å². The van der Waals surface area contributed by atoms with Gasteiger partial charge in [-0.3, -0.25) is 4.79 Å². The Morgan fingerprint density at radius 3 is 2.67 bits per heavy atom. The zero-order chi connectivity index (χ0) is 13.5. The van der Waals surface area contributed by atoms with Gasteiger partial charge in [0.15, 0.2) is 0 Å². The van der Waals surface area contributed by atoms with E-state index in [1.54, 1.807) is 0 Å². The van der Waals surface area contributed by atoms with Gasteiger partial charge in [0.25, 0.3) is 0 Å². The number of hydrogen-bond acceptors (Lipinski definition) is 4. The molecule has 1 heterocycles. The predicted molar refractivity (Wildman–Crippen MR) is 70.2 cm³/mol. The van der Waals surface area contributed by atoms with Crippen LogP contribution >= 0.6 is 0 Å². The molecule has 5 nitrogen and oxygen atoms in total. The second-order valence-electron chi connectivity index (χ2n) is 4.74. The molecule has 0 radical (unpaired) electrons. The highest BCUT2D eigenvalue weighted by Gasteiger charge is 2.07. The Balaban J connectivity index is 2.17. The van der Waals surface area contributed by atoms with E-state index in [4.69, 9.17) is 4.42 Å². The lowest BCUT2D eigenvalue weighted by Gasteiger charge is -2.07. The maximum atomic E-state index is 11.5. The third-order valence-electron chi connectivity index (χ3n) is 2.64. The molecule has 0 saturated carbocycles. The number of nitrogens with one attached hydrogen (secondary N) is 2. The molecular formula is C13H23N3O2. The molecule has 2 N–H and O–H groups in total. The van der Waals surface area contributed by atoms with E-state index in [0.717, 1.165) is 24.4 Å². The molecule has 0 aliphatic rings. The largest absolute Gasteiger partial charge is 0.444 e. The quantitative estimate of drug-likeness (QED) is 0.726. The Bertz CT molecular complexity index is 366. The molecule has 0 aliphatic carbocycles. The molecule has 5 heteroatoms. The fraction of sp³-hybridized carbons (Fsp3) is 0.692. The normalized spacial score (nSPS) is 10.9. The molecule has 0 aromatic carbocycles. The number of amides is 1. The lowest BCUT2D eigenvalue weighted by Crippen LogP contribution is -2.27. The maximum absolute atomic E-state index is 11.5. The number of rotatable bonds is 7. The van der Waals surface area contributed by atoms with Crippen LogP contribution in [0, 0.1) is 13.8 Å². The highest BCUT2D eigenvalue weighted by molar-refractivity contribution is 5.75. The first-order chi connectivity index (χ1) is 8.49. The summed E-state index contributed by atoms with van der Waals surface area (Å²) in [4.78, 5) is 15.8. The molecule has 0 spiro atoms. The molecule has 102 valence electrons. The number of carbonyl (C=O) groups is 1. The number of aryl methyl sites for hydroxylation is 2. The summed E-state index contributed by atoms with van der Waals surface area (Å²) in [5, 5.41) is 6.08. The lowest BCUT2D eigenvalue weighted by molar-refractivity contribution is -0.121. The average Bonchev–Trinajstić information content (AvgIpc) is 2.61. The van der Waals surface area contributed by atoms with Gasteiger partial charge in [-0.2, -0.15) is 0 Å². The minimum Gasteiger partial charge on any atom is -0.444 e. The first-order valence-electron chi connectivity index (χ1n) is 6.42. The Labute approximate surface area is 108 Å². The van der Waals surface area contributed by atoms with Crippen LogP contribution in [0.3, 0.4) is 0 Å². The summed E-state index contributed by atoms with van der Waals surface area (Å²) in [6.07, 6.45) is 1.37. The van der Waals surface area contributed by atoms with Gasteiger partial charge in [0, 0.05) is 12.5 Å². The standard InChI is InChI=1S/C13H23N3O2/c1-9(2)14-7-5-6-12(17)15-8-13-16-10(3)11(4)18-13/h9,14H,5-8H2,1-4H3,(H,15,17). The SMILES string of the molecule is Cc1nc(CNC(=O)CCCNC(C)C)oc1C. The minimum atomic E-state index is 0.0362. The van der Waals surface area contributed by atoms with Crippen LogP contribution in [0.5, 0.6) is 0 Å². The average molecular weight is 253 g/mol. The smallest absolute Gasteiger partial charge is 0.220 e. The van der Waals surface area contributed by atoms with Crippen molar-refractivity contribution in [3.8, 4) is 0 Å². The van der Waals surface area contributed by atoms with E-state index in [1.807, 2.05) is 13.8 Å². The van der Waals surface area contributed by atoms with Crippen LogP contribution in [0.25, 0.3) is 0 Å². The van der Waals surface area contributed by atoms with E-state index in [1.165, 1.54) is 0 Å². The van der Waals surface area contributed by atoms with Gasteiger partial charge in [-0.25, -0.2) is 4.98 Å². The number of oxazole rings is 1. The summed E-state index contributed by atoms with van der Waals surface area (Å²) in [6.45, 7) is 9.17. The molecule has 0 fully saturated rings. The summed E-state index contributed by atoms with van der Waals surface area (Å²) in [6, 6.07) is 0.464. The maximum Gasteiger partial charge on any atom is 0.220 e. The monoisotopic (exact) mass is 253 g/mol. The van der Waals surface area contributed by atoms with Crippen molar-refractivity contribution in [2.24, 2.45) is 0 Å². The summed E-state index contributed by atoms with van der Waals surface area (Å²) >= 11 is 0. The van der Waals surface area contributed by atoms with E-state index in [-0.39, 0.29) is 5.91 Å². The fourth-order valence-corrected chi connectivity index (χ4v) is 1.52. The van der Waals surface area contributed by atoms with Crippen LogP contribution < -0.4 is 10.6 Å². The highest BCUT2D eigenvalue weighted by Crippen LogP contribution is 2.07. The predicted octanol–water partition coefficient (Wildman–Crippen LogP) is 1.69. The molecule has 0 atom stereocenters. The van der Waals surface area contributed by atoms with Crippen molar-refractivity contribution in [3.63, 3.8) is 0 Å². The summed E-state index contributed by atoms with van der Waals surface area (Å²) < 4.78 is 5.38. The van der Waals surface area contributed by atoms with Crippen molar-refractivity contribution < 1.29 is 9.21 Å². The third-order valence-corrected chi connectivity index (χ3v) is 2.64. The van der Waals surface area contributed by atoms with Crippen molar-refractivity contribution in [3.05, 3.63) is 17.3 Å². The van der Waals surface area contributed by atoms with E-state index >= 15 is 0 Å². The molecule has 0 bridgehead atoms. The highest BCUT2D eigenvalue weighted by atomic mass is 16.4. The van der Waals surface area contributed by atoms with Gasteiger partial charge in [0.1, 0.15) is 5.76 Å². The topological polar surface area (TPSA) is 67.2 Å². The van der Waals surface area contributed by atoms with Gasteiger partial charge in [0.05, 0.1) is 12.2 Å². The fourth-order valence-electron chi connectivity index (χ4n) is 1.52. The van der Waals surface area contributed by atoms with Gasteiger partial charge < -0.3 is 15.1 Å². The first-order valence-corrected chi connectivity index (χ1v) is 6.42. The molecular weight excluding hydrogens is 230 g/mol. The number of carbonyl (C=O) groups excluding carboxylic acids is 1. The summed E-state index contributed by atoms with van der Waals surface area (Å²) in [7, 11) is 0. The van der Waals surface area contributed by atoms with Crippen molar-refractivity contribution in [2.45, 2.75) is 53.1 Å². The Morgan fingerprint density at radius 2 is 2.11 bits per heavy atom. The van der Waals surface area contributed by atoms with E-state index in [0.29, 0.717) is 24.9 Å². The van der Waals surface area contributed by atoms with E-state index in [2.05, 4.69) is 29.5 Å². The lowest BCUT2D eigenvalue weighted by atomic mass is 10.2. The molecule has 1 aromatic heterocycles. The van der Waals surface area contributed by atoms with Crippen LogP contribution in [0.4, 0.5) is 0 Å². The molecule has 1 rings (SSSR count).